The number of hydrogen-bond donors (Lipinski definition) is 0. The fraction of sp³-hybridized carbons (Fsp3) is 0. The maximum atomic E-state index is 5.45. The van der Waals surface area contributed by atoms with Gasteiger partial charge in [0.25, 0.3) is 0 Å². The third-order valence-corrected chi connectivity index (χ3v) is 17.0. The number of thiophene rings is 3. The molecule has 15 aromatic rings. The van der Waals surface area contributed by atoms with Gasteiger partial charge in [-0.05, 0) is 94.7 Å². The summed E-state index contributed by atoms with van der Waals surface area (Å²) in [6.07, 6.45) is 0. The summed E-state index contributed by atoms with van der Waals surface area (Å²) in [5, 5.41) is 12.5. The van der Waals surface area contributed by atoms with Crippen molar-refractivity contribution in [3.63, 3.8) is 0 Å². The summed E-state index contributed by atoms with van der Waals surface area (Å²) in [6, 6.07) is 75.1. The molecular weight excluding hydrogens is 885 g/mol. The SMILES string of the molecule is c1ccc2cc3c(cc2c1)c1ccccc1n3-c1ccc(-c2nc(-c3ccc4c(c3)sc3ccccc34)nc(-c3ccc4c(c3)sc3ccccc34)n2)c(-c2ccc3c(c2)sc2ccccc23)c1. The molecule has 0 aliphatic heterocycles. The topological polar surface area (TPSA) is 43.6 Å². The van der Waals surface area contributed by atoms with Crippen molar-refractivity contribution in [2.24, 2.45) is 0 Å². The summed E-state index contributed by atoms with van der Waals surface area (Å²) in [5.74, 6) is 1.92. The minimum atomic E-state index is 0.629. The summed E-state index contributed by atoms with van der Waals surface area (Å²) >= 11 is 5.45. The highest BCUT2D eigenvalue weighted by atomic mass is 32.1. The van der Waals surface area contributed by atoms with Crippen LogP contribution >= 0.6 is 34.0 Å². The first-order chi connectivity index (χ1) is 33.6. The van der Waals surface area contributed by atoms with E-state index in [0.29, 0.717) is 17.5 Å². The second-order valence-electron chi connectivity index (χ2n) is 17.5. The van der Waals surface area contributed by atoms with Crippen LogP contribution in [0.4, 0.5) is 0 Å². The Morgan fingerprint density at radius 3 is 1.32 bits per heavy atom. The van der Waals surface area contributed by atoms with Crippen molar-refractivity contribution in [3.8, 4) is 51.0 Å². The first-order valence-corrected chi connectivity index (χ1v) is 25.2. The third-order valence-electron chi connectivity index (χ3n) is 13.6. The molecule has 0 unspecified atom stereocenters. The minimum Gasteiger partial charge on any atom is -0.309 e. The molecule has 0 bridgehead atoms. The normalized spacial score (nSPS) is 12.1. The Morgan fingerprint density at radius 1 is 0.279 bits per heavy atom. The van der Waals surface area contributed by atoms with E-state index in [4.69, 9.17) is 15.0 Å². The Morgan fingerprint density at radius 2 is 0.735 bits per heavy atom. The first-order valence-electron chi connectivity index (χ1n) is 22.7. The van der Waals surface area contributed by atoms with Crippen LogP contribution in [0.15, 0.2) is 206 Å². The molecule has 0 aliphatic rings. The van der Waals surface area contributed by atoms with E-state index in [2.05, 4.69) is 211 Å². The van der Waals surface area contributed by atoms with Gasteiger partial charge < -0.3 is 4.57 Å². The van der Waals surface area contributed by atoms with Crippen molar-refractivity contribution in [3.05, 3.63) is 206 Å². The molecule has 7 heteroatoms. The van der Waals surface area contributed by atoms with Gasteiger partial charge in [-0.3, -0.25) is 0 Å². The van der Waals surface area contributed by atoms with E-state index < -0.39 is 0 Å². The van der Waals surface area contributed by atoms with E-state index in [1.54, 1.807) is 0 Å². The van der Waals surface area contributed by atoms with Gasteiger partial charge in [-0.2, -0.15) is 0 Å². The molecule has 0 fully saturated rings. The second-order valence-corrected chi connectivity index (χ2v) is 20.8. The van der Waals surface area contributed by atoms with Gasteiger partial charge >= 0.3 is 0 Å². The molecule has 4 nitrogen and oxygen atoms in total. The zero-order chi connectivity index (χ0) is 44.5. The average molecular weight is 919 g/mol. The molecular formula is C61H34N4S3. The fourth-order valence-electron chi connectivity index (χ4n) is 10.4. The molecule has 0 radical (unpaired) electrons. The van der Waals surface area contributed by atoms with Crippen LogP contribution in [-0.4, -0.2) is 19.5 Å². The first kappa shape index (κ1) is 38.1. The summed E-state index contributed by atoms with van der Waals surface area (Å²) < 4.78 is 9.90. The van der Waals surface area contributed by atoms with E-state index in [9.17, 15) is 0 Å². The lowest BCUT2D eigenvalue weighted by atomic mass is 9.97. The van der Waals surface area contributed by atoms with E-state index >= 15 is 0 Å². The van der Waals surface area contributed by atoms with Gasteiger partial charge in [-0.1, -0.05) is 133 Å². The Balaban J connectivity index is 0.991. The molecule has 0 aliphatic carbocycles. The molecule has 0 N–H and O–H groups in total. The predicted molar refractivity (Wildman–Crippen MR) is 292 cm³/mol. The largest absolute Gasteiger partial charge is 0.309 e. The quantitative estimate of drug-likeness (QED) is 0.173. The molecule has 0 saturated carbocycles. The number of benzene rings is 10. The molecule has 316 valence electrons. The average Bonchev–Trinajstić information content (AvgIpc) is 4.16. The highest BCUT2D eigenvalue weighted by Gasteiger charge is 2.21. The maximum absolute atomic E-state index is 5.45. The van der Waals surface area contributed by atoms with Crippen molar-refractivity contribution in [2.75, 3.05) is 0 Å². The lowest BCUT2D eigenvalue weighted by Gasteiger charge is -2.16. The van der Waals surface area contributed by atoms with E-state index in [1.165, 1.54) is 87.6 Å². The molecule has 5 heterocycles. The summed E-state index contributed by atoms with van der Waals surface area (Å²) in [4.78, 5) is 16.2. The van der Waals surface area contributed by atoms with Crippen LogP contribution in [0.1, 0.15) is 0 Å². The number of rotatable bonds is 5. The van der Waals surface area contributed by atoms with Crippen molar-refractivity contribution in [2.45, 2.75) is 0 Å². The molecule has 0 atom stereocenters. The number of aromatic nitrogens is 4. The van der Waals surface area contributed by atoms with E-state index in [0.717, 1.165) is 39.0 Å². The molecule has 10 aromatic carbocycles. The van der Waals surface area contributed by atoms with Gasteiger partial charge in [-0.15, -0.1) is 34.0 Å². The van der Waals surface area contributed by atoms with Crippen molar-refractivity contribution in [1.29, 1.82) is 0 Å². The van der Waals surface area contributed by atoms with Gasteiger partial charge in [0.15, 0.2) is 17.5 Å². The van der Waals surface area contributed by atoms with Crippen molar-refractivity contribution >= 4 is 127 Å². The highest BCUT2D eigenvalue weighted by Crippen LogP contribution is 2.43. The molecule has 15 rings (SSSR count). The Hall–Kier alpha value is -8.07. The van der Waals surface area contributed by atoms with Gasteiger partial charge in [0.05, 0.1) is 11.0 Å². The smallest absolute Gasteiger partial charge is 0.164 e. The molecule has 5 aromatic heterocycles. The van der Waals surface area contributed by atoms with Gasteiger partial charge in [0, 0.05) is 93.7 Å². The van der Waals surface area contributed by atoms with Gasteiger partial charge in [-0.25, -0.2) is 15.0 Å². The standard InChI is InChI=1S/C61H34N4S3/c1-2-12-36-30-52-50(29-35(36)11-1)41-13-3-7-17-51(41)65(52)40-24-28-48(49(34-40)37-21-25-45-42-14-4-8-18-53(42)66-56(45)31-37)61-63-59(38-22-26-46-43-15-5-9-19-54(43)67-57(46)32-38)62-60(64-61)39-23-27-47-44-16-6-10-20-55(44)68-58(47)33-39/h1-34H. The van der Waals surface area contributed by atoms with Crippen LogP contribution < -0.4 is 0 Å². The van der Waals surface area contributed by atoms with Crippen LogP contribution in [0.2, 0.25) is 0 Å². The predicted octanol–water partition coefficient (Wildman–Crippen LogP) is 17.9. The zero-order valence-electron chi connectivity index (χ0n) is 36.1. The van der Waals surface area contributed by atoms with Crippen molar-refractivity contribution < 1.29 is 0 Å². The van der Waals surface area contributed by atoms with Crippen LogP contribution in [-0.2, 0) is 0 Å². The number of fused-ring (bicyclic) bond motifs is 13. The van der Waals surface area contributed by atoms with Crippen molar-refractivity contribution in [1.82, 2.24) is 19.5 Å². The lowest BCUT2D eigenvalue weighted by Crippen LogP contribution is -2.02. The lowest BCUT2D eigenvalue weighted by molar-refractivity contribution is 1.07. The molecule has 0 amide bonds. The molecule has 0 spiro atoms. The monoisotopic (exact) mass is 918 g/mol. The van der Waals surface area contributed by atoms with E-state index in [1.807, 2.05) is 34.0 Å². The number of para-hydroxylation sites is 1. The minimum absolute atomic E-state index is 0.629. The van der Waals surface area contributed by atoms with E-state index in [-0.39, 0.29) is 0 Å². The highest BCUT2D eigenvalue weighted by molar-refractivity contribution is 7.26. The van der Waals surface area contributed by atoms with Crippen LogP contribution in [0.25, 0.3) is 144 Å². The molecule has 0 saturated heterocycles. The zero-order valence-corrected chi connectivity index (χ0v) is 38.6. The van der Waals surface area contributed by atoms with Crippen LogP contribution in [0, 0.1) is 0 Å². The van der Waals surface area contributed by atoms with Gasteiger partial charge in [0.2, 0.25) is 0 Å². The van der Waals surface area contributed by atoms with Gasteiger partial charge in [0.1, 0.15) is 0 Å². The Kier molecular flexibility index (Phi) is 8.24. The number of nitrogens with zero attached hydrogens (tertiary/aromatic N) is 4. The fourth-order valence-corrected chi connectivity index (χ4v) is 13.9. The second kappa shape index (κ2) is 14.7. The van der Waals surface area contributed by atoms with Crippen LogP contribution in [0.5, 0.6) is 0 Å². The Bertz CT molecular complexity index is 4460. The summed E-state index contributed by atoms with van der Waals surface area (Å²) in [6.45, 7) is 0. The summed E-state index contributed by atoms with van der Waals surface area (Å²) in [7, 11) is 0. The third kappa shape index (κ3) is 5.86. The number of hydrogen-bond acceptors (Lipinski definition) is 6. The van der Waals surface area contributed by atoms with Crippen LogP contribution in [0.3, 0.4) is 0 Å². The maximum Gasteiger partial charge on any atom is 0.164 e. The Labute approximate surface area is 401 Å². The summed E-state index contributed by atoms with van der Waals surface area (Å²) in [5.41, 5.74) is 8.41. The molecule has 68 heavy (non-hydrogen) atoms.